The zero-order valence-electron chi connectivity index (χ0n) is 11.9. The highest BCUT2D eigenvalue weighted by molar-refractivity contribution is 9.10. The number of hydrogen-bond acceptors (Lipinski definition) is 2. The van der Waals surface area contributed by atoms with E-state index in [-0.39, 0.29) is 5.91 Å². The maximum absolute atomic E-state index is 12.0. The van der Waals surface area contributed by atoms with Gasteiger partial charge in [-0.1, -0.05) is 20.8 Å². The molecule has 0 saturated heterocycles. The average molecular weight is 331 g/mol. The third-order valence-electron chi connectivity index (χ3n) is 2.54. The van der Waals surface area contributed by atoms with E-state index in [1.807, 2.05) is 16.8 Å². The smallest absolute Gasteiger partial charge is 0.268 e. The number of carbonyl (C=O) groups is 1. The van der Waals surface area contributed by atoms with E-state index in [2.05, 4.69) is 42.0 Å². The molecule has 5 heteroatoms. The number of amides is 1. The van der Waals surface area contributed by atoms with Crippen molar-refractivity contribution in [3.05, 3.63) is 22.4 Å². The summed E-state index contributed by atoms with van der Waals surface area (Å²) in [5.41, 5.74) is 0.692. The van der Waals surface area contributed by atoms with Gasteiger partial charge in [-0.25, -0.2) is 0 Å². The highest BCUT2D eigenvalue weighted by atomic mass is 79.9. The fraction of sp³-hybridized carbons (Fsp3) is 0.643. The predicted octanol–water partition coefficient (Wildman–Crippen LogP) is 3.06. The van der Waals surface area contributed by atoms with Crippen LogP contribution in [0.2, 0.25) is 0 Å². The number of halogens is 1. The fourth-order valence-corrected chi connectivity index (χ4v) is 2.20. The van der Waals surface area contributed by atoms with Crippen molar-refractivity contribution >= 4 is 21.8 Å². The lowest BCUT2D eigenvalue weighted by Crippen LogP contribution is -2.29. The Labute approximate surface area is 123 Å². The van der Waals surface area contributed by atoms with Gasteiger partial charge in [-0.15, -0.1) is 0 Å². The first-order valence-electron chi connectivity index (χ1n) is 6.76. The van der Waals surface area contributed by atoms with Crippen molar-refractivity contribution < 1.29 is 9.53 Å². The Morgan fingerprint density at radius 2 is 2.26 bits per heavy atom. The van der Waals surface area contributed by atoms with Crippen LogP contribution in [0, 0.1) is 5.92 Å². The lowest BCUT2D eigenvalue weighted by molar-refractivity contribution is 0.0878. The number of rotatable bonds is 8. The lowest BCUT2D eigenvalue weighted by Gasteiger charge is -2.10. The van der Waals surface area contributed by atoms with Crippen LogP contribution in [-0.2, 0) is 11.3 Å². The van der Waals surface area contributed by atoms with Gasteiger partial charge in [0.15, 0.2) is 0 Å². The van der Waals surface area contributed by atoms with E-state index in [0.717, 1.165) is 24.0 Å². The van der Waals surface area contributed by atoms with E-state index in [1.54, 1.807) is 0 Å². The first-order chi connectivity index (χ1) is 9.04. The molecule has 0 spiro atoms. The van der Waals surface area contributed by atoms with E-state index in [4.69, 9.17) is 4.74 Å². The van der Waals surface area contributed by atoms with Crippen LogP contribution >= 0.6 is 15.9 Å². The summed E-state index contributed by atoms with van der Waals surface area (Å²) in [5, 5.41) is 2.88. The minimum Gasteiger partial charge on any atom is -0.379 e. The number of aryl methyl sites for hydroxylation is 1. The van der Waals surface area contributed by atoms with E-state index in [0.29, 0.717) is 24.8 Å². The lowest BCUT2D eigenvalue weighted by atomic mass is 10.2. The second kappa shape index (κ2) is 8.38. The monoisotopic (exact) mass is 330 g/mol. The molecule has 0 aliphatic rings. The van der Waals surface area contributed by atoms with Gasteiger partial charge in [0.2, 0.25) is 0 Å². The molecule has 1 amide bonds. The number of ether oxygens (including phenoxy) is 1. The molecule has 0 atom stereocenters. The molecule has 108 valence electrons. The van der Waals surface area contributed by atoms with Gasteiger partial charge in [-0.05, 0) is 34.3 Å². The molecule has 1 aromatic rings. The van der Waals surface area contributed by atoms with Crippen molar-refractivity contribution in [3.63, 3.8) is 0 Å². The summed E-state index contributed by atoms with van der Waals surface area (Å²) in [7, 11) is 0. The molecule has 0 fully saturated rings. The van der Waals surface area contributed by atoms with Crippen LogP contribution in [0.4, 0.5) is 0 Å². The maximum Gasteiger partial charge on any atom is 0.268 e. The van der Waals surface area contributed by atoms with Crippen LogP contribution in [0.25, 0.3) is 0 Å². The van der Waals surface area contributed by atoms with E-state index >= 15 is 0 Å². The standard InChI is InChI=1S/C14H23BrN2O2/c1-4-6-17-9-12(15)8-13(17)14(18)16-5-7-19-10-11(2)3/h8-9,11H,4-7,10H2,1-3H3,(H,16,18). The fourth-order valence-electron chi connectivity index (χ4n) is 1.74. The Morgan fingerprint density at radius 1 is 1.53 bits per heavy atom. The Morgan fingerprint density at radius 3 is 2.89 bits per heavy atom. The van der Waals surface area contributed by atoms with Gasteiger partial charge in [0, 0.05) is 30.4 Å². The molecule has 0 aliphatic heterocycles. The molecule has 0 saturated carbocycles. The summed E-state index contributed by atoms with van der Waals surface area (Å²) >= 11 is 3.40. The molecule has 4 nitrogen and oxygen atoms in total. The van der Waals surface area contributed by atoms with E-state index in [9.17, 15) is 4.79 Å². The van der Waals surface area contributed by atoms with Crippen LogP contribution in [0.3, 0.4) is 0 Å². The molecule has 1 rings (SSSR count). The summed E-state index contributed by atoms with van der Waals surface area (Å²) in [6.45, 7) is 8.97. The third kappa shape index (κ3) is 5.78. The second-order valence-corrected chi connectivity index (χ2v) is 5.88. The first-order valence-corrected chi connectivity index (χ1v) is 7.55. The molecule has 1 aromatic heterocycles. The molecule has 0 unspecified atom stereocenters. The zero-order chi connectivity index (χ0) is 14.3. The summed E-state index contributed by atoms with van der Waals surface area (Å²) in [6, 6.07) is 1.85. The quantitative estimate of drug-likeness (QED) is 0.744. The maximum atomic E-state index is 12.0. The van der Waals surface area contributed by atoms with Gasteiger partial charge in [0.1, 0.15) is 5.69 Å². The number of carbonyl (C=O) groups excluding carboxylic acids is 1. The molecular formula is C14H23BrN2O2. The van der Waals surface area contributed by atoms with Crippen LogP contribution in [-0.4, -0.2) is 30.2 Å². The first kappa shape index (κ1) is 16.2. The van der Waals surface area contributed by atoms with Crippen molar-refractivity contribution in [1.82, 2.24) is 9.88 Å². The van der Waals surface area contributed by atoms with Crippen LogP contribution in [0.1, 0.15) is 37.7 Å². The molecule has 1 N–H and O–H groups in total. The minimum absolute atomic E-state index is 0.0488. The Hall–Kier alpha value is -0.810. The van der Waals surface area contributed by atoms with Crippen LogP contribution in [0.15, 0.2) is 16.7 Å². The van der Waals surface area contributed by atoms with Crippen LogP contribution < -0.4 is 5.32 Å². The summed E-state index contributed by atoms with van der Waals surface area (Å²) in [6.07, 6.45) is 2.94. The Balaban J connectivity index is 2.40. The topological polar surface area (TPSA) is 43.3 Å². The van der Waals surface area contributed by atoms with Gasteiger partial charge in [-0.3, -0.25) is 4.79 Å². The summed E-state index contributed by atoms with van der Waals surface area (Å²) < 4.78 is 8.33. The molecule has 0 aromatic carbocycles. The summed E-state index contributed by atoms with van der Waals surface area (Å²) in [4.78, 5) is 12.0. The van der Waals surface area contributed by atoms with Crippen molar-refractivity contribution in [2.45, 2.75) is 33.7 Å². The number of aromatic nitrogens is 1. The third-order valence-corrected chi connectivity index (χ3v) is 2.98. The molecule has 0 aliphatic carbocycles. The normalized spacial score (nSPS) is 11.0. The van der Waals surface area contributed by atoms with Crippen LogP contribution in [0.5, 0.6) is 0 Å². The van der Waals surface area contributed by atoms with Crippen molar-refractivity contribution in [3.8, 4) is 0 Å². The van der Waals surface area contributed by atoms with Crippen molar-refractivity contribution in [2.24, 2.45) is 5.92 Å². The van der Waals surface area contributed by atoms with Gasteiger partial charge in [-0.2, -0.15) is 0 Å². The van der Waals surface area contributed by atoms with E-state index < -0.39 is 0 Å². The summed E-state index contributed by atoms with van der Waals surface area (Å²) in [5.74, 6) is 0.473. The van der Waals surface area contributed by atoms with Crippen molar-refractivity contribution in [1.29, 1.82) is 0 Å². The molecule has 19 heavy (non-hydrogen) atoms. The largest absolute Gasteiger partial charge is 0.379 e. The second-order valence-electron chi connectivity index (χ2n) is 4.96. The zero-order valence-corrected chi connectivity index (χ0v) is 13.5. The highest BCUT2D eigenvalue weighted by Crippen LogP contribution is 2.15. The van der Waals surface area contributed by atoms with Gasteiger partial charge >= 0.3 is 0 Å². The Kier molecular flexibility index (Phi) is 7.16. The molecule has 1 heterocycles. The molecular weight excluding hydrogens is 308 g/mol. The molecule has 0 bridgehead atoms. The SMILES string of the molecule is CCCn1cc(Br)cc1C(=O)NCCOCC(C)C. The predicted molar refractivity (Wildman–Crippen MR) is 80.4 cm³/mol. The highest BCUT2D eigenvalue weighted by Gasteiger charge is 2.11. The van der Waals surface area contributed by atoms with Crippen molar-refractivity contribution in [2.75, 3.05) is 19.8 Å². The molecule has 0 radical (unpaired) electrons. The van der Waals surface area contributed by atoms with Gasteiger partial charge in [0.05, 0.1) is 6.61 Å². The number of nitrogens with one attached hydrogen (secondary N) is 1. The minimum atomic E-state index is -0.0488. The average Bonchev–Trinajstić information content (AvgIpc) is 2.70. The number of nitrogens with zero attached hydrogens (tertiary/aromatic N) is 1. The number of hydrogen-bond donors (Lipinski definition) is 1. The Bertz CT molecular complexity index is 402. The van der Waals surface area contributed by atoms with E-state index in [1.165, 1.54) is 0 Å². The van der Waals surface area contributed by atoms with Gasteiger partial charge < -0.3 is 14.6 Å². The van der Waals surface area contributed by atoms with Gasteiger partial charge in [0.25, 0.3) is 5.91 Å².